The van der Waals surface area contributed by atoms with Gasteiger partial charge in [0.2, 0.25) is 5.91 Å². The molecule has 1 fully saturated rings. The Bertz CT molecular complexity index is 947. The third kappa shape index (κ3) is 4.86. The molecule has 1 aliphatic heterocycles. The quantitative estimate of drug-likeness (QED) is 0.700. The fourth-order valence-electron chi connectivity index (χ4n) is 5.22. The Kier molecular flexibility index (Phi) is 6.38. The van der Waals surface area contributed by atoms with Gasteiger partial charge in [-0.3, -0.25) is 4.79 Å². The molecule has 0 radical (unpaired) electrons. The van der Waals surface area contributed by atoms with Gasteiger partial charge in [-0.2, -0.15) is 0 Å². The van der Waals surface area contributed by atoms with Crippen molar-refractivity contribution in [2.24, 2.45) is 5.92 Å². The first-order chi connectivity index (χ1) is 14.3. The van der Waals surface area contributed by atoms with Gasteiger partial charge >= 0.3 is 0 Å². The van der Waals surface area contributed by atoms with Crippen LogP contribution in [0.5, 0.6) is 5.75 Å². The van der Waals surface area contributed by atoms with Crippen LogP contribution in [0.15, 0.2) is 12.4 Å². The summed E-state index contributed by atoms with van der Waals surface area (Å²) >= 11 is 0. The van der Waals surface area contributed by atoms with Crippen LogP contribution in [0.4, 0.5) is 4.39 Å². The molecule has 31 heavy (non-hydrogen) atoms. The lowest BCUT2D eigenvalue weighted by atomic mass is 9.79. The second-order valence-electron chi connectivity index (χ2n) is 10.5. The van der Waals surface area contributed by atoms with E-state index < -0.39 is 16.8 Å². The third-order valence-electron chi connectivity index (χ3n) is 6.46. The van der Waals surface area contributed by atoms with Crippen molar-refractivity contribution >= 4 is 16.9 Å². The number of nitrogens with one attached hydrogen (secondary N) is 1. The zero-order valence-corrected chi connectivity index (χ0v) is 19.8. The number of aromatic amines is 1. The van der Waals surface area contributed by atoms with Gasteiger partial charge in [0.05, 0.1) is 24.3 Å². The minimum atomic E-state index is -0.850. The van der Waals surface area contributed by atoms with Crippen LogP contribution in [0.3, 0.4) is 0 Å². The fraction of sp³-hybridized carbons (Fsp3) is 0.667. The van der Waals surface area contributed by atoms with Crippen molar-refractivity contribution in [3.63, 3.8) is 0 Å². The number of fused-ring (bicyclic) bond motifs is 1. The van der Waals surface area contributed by atoms with E-state index in [1.165, 1.54) is 13.3 Å². The number of pyridine rings is 1. The molecule has 3 rings (SSSR count). The molecule has 7 heteroatoms. The highest BCUT2D eigenvalue weighted by Gasteiger charge is 2.39. The van der Waals surface area contributed by atoms with Gasteiger partial charge < -0.3 is 19.7 Å². The fourth-order valence-corrected chi connectivity index (χ4v) is 5.22. The lowest BCUT2D eigenvalue weighted by molar-refractivity contribution is -0.141. The van der Waals surface area contributed by atoms with Crippen molar-refractivity contribution in [2.75, 3.05) is 7.11 Å². The predicted molar refractivity (Wildman–Crippen MR) is 120 cm³/mol. The summed E-state index contributed by atoms with van der Waals surface area (Å²) in [6.07, 6.45) is 5.69. The molecule has 0 aromatic carbocycles. The number of nitrogens with zero attached hydrogens (tertiary/aromatic N) is 2. The van der Waals surface area contributed by atoms with Crippen molar-refractivity contribution in [3.8, 4) is 5.75 Å². The predicted octanol–water partition coefficient (Wildman–Crippen LogP) is 4.55. The maximum Gasteiger partial charge on any atom is 0.223 e. The Labute approximate surface area is 184 Å². The minimum absolute atomic E-state index is 0.0106. The number of aliphatic hydroxyl groups is 1. The van der Waals surface area contributed by atoms with E-state index in [2.05, 4.69) is 23.8 Å². The number of hydrogen-bond donors (Lipinski definition) is 2. The summed E-state index contributed by atoms with van der Waals surface area (Å²) in [5.74, 6) is 0.147. The number of amides is 1. The van der Waals surface area contributed by atoms with Gasteiger partial charge in [-0.05, 0) is 51.5 Å². The topological polar surface area (TPSA) is 78.5 Å². The first kappa shape index (κ1) is 23.5. The van der Waals surface area contributed by atoms with E-state index in [-0.39, 0.29) is 30.2 Å². The second kappa shape index (κ2) is 8.41. The van der Waals surface area contributed by atoms with Crippen LogP contribution in [0.1, 0.15) is 72.8 Å². The summed E-state index contributed by atoms with van der Waals surface area (Å²) < 4.78 is 20.1. The molecule has 0 spiro atoms. The molecule has 2 aromatic heterocycles. The number of methoxy groups -OCH3 is 1. The Morgan fingerprint density at radius 3 is 2.61 bits per heavy atom. The molecular formula is C24H36FN3O3. The summed E-state index contributed by atoms with van der Waals surface area (Å²) in [6, 6.07) is 0.0874. The smallest absolute Gasteiger partial charge is 0.223 e. The summed E-state index contributed by atoms with van der Waals surface area (Å²) in [5.41, 5.74) is -0.324. The van der Waals surface area contributed by atoms with Crippen molar-refractivity contribution in [3.05, 3.63) is 23.8 Å². The van der Waals surface area contributed by atoms with E-state index in [1.54, 1.807) is 20.0 Å². The molecule has 1 aliphatic rings. The Balaban J connectivity index is 1.91. The molecule has 1 amide bonds. The molecule has 0 bridgehead atoms. The van der Waals surface area contributed by atoms with Crippen LogP contribution in [-0.4, -0.2) is 50.7 Å². The molecule has 6 nitrogen and oxygen atoms in total. The van der Waals surface area contributed by atoms with Crippen LogP contribution in [-0.2, 0) is 10.2 Å². The minimum Gasteiger partial charge on any atom is -0.492 e. The molecule has 1 saturated heterocycles. The Morgan fingerprint density at radius 1 is 1.32 bits per heavy atom. The van der Waals surface area contributed by atoms with E-state index in [0.29, 0.717) is 28.9 Å². The molecule has 172 valence electrons. The third-order valence-corrected chi connectivity index (χ3v) is 6.46. The second-order valence-corrected chi connectivity index (χ2v) is 10.5. The summed E-state index contributed by atoms with van der Waals surface area (Å²) in [6.45, 7) is 11.8. The molecule has 0 saturated carbocycles. The van der Waals surface area contributed by atoms with Crippen LogP contribution in [0.25, 0.3) is 11.0 Å². The number of ether oxygens (including phenoxy) is 1. The van der Waals surface area contributed by atoms with Crippen molar-refractivity contribution in [2.45, 2.75) is 90.3 Å². The van der Waals surface area contributed by atoms with Crippen molar-refractivity contribution < 1.29 is 19.0 Å². The zero-order chi connectivity index (χ0) is 23.1. The number of carbonyl (C=O) groups excluding carboxylic acids is 1. The summed E-state index contributed by atoms with van der Waals surface area (Å²) in [4.78, 5) is 22.8. The molecule has 3 heterocycles. The van der Waals surface area contributed by atoms with E-state index >= 15 is 4.39 Å². The number of aromatic nitrogens is 2. The first-order valence-electron chi connectivity index (χ1n) is 11.1. The van der Waals surface area contributed by atoms with Gasteiger partial charge in [0.15, 0.2) is 11.6 Å². The summed E-state index contributed by atoms with van der Waals surface area (Å²) in [5, 5.41) is 10.8. The van der Waals surface area contributed by atoms with Gasteiger partial charge in [0.25, 0.3) is 0 Å². The van der Waals surface area contributed by atoms with Crippen molar-refractivity contribution in [1.82, 2.24) is 14.9 Å². The lowest BCUT2D eigenvalue weighted by Gasteiger charge is -2.46. The maximum atomic E-state index is 15.0. The highest BCUT2D eigenvalue weighted by Crippen LogP contribution is 2.38. The number of carbonyl (C=O) groups is 1. The van der Waals surface area contributed by atoms with Gasteiger partial charge in [0.1, 0.15) is 5.65 Å². The van der Waals surface area contributed by atoms with Crippen molar-refractivity contribution in [1.29, 1.82) is 0 Å². The molecule has 3 atom stereocenters. The molecule has 2 aromatic rings. The van der Waals surface area contributed by atoms with E-state index in [4.69, 9.17) is 4.74 Å². The number of hydrogen-bond acceptors (Lipinski definition) is 4. The monoisotopic (exact) mass is 433 g/mol. The van der Waals surface area contributed by atoms with Crippen LogP contribution in [0, 0.1) is 11.7 Å². The molecule has 2 N–H and O–H groups in total. The van der Waals surface area contributed by atoms with Gasteiger partial charge in [-0.25, -0.2) is 9.37 Å². The van der Waals surface area contributed by atoms with Gasteiger partial charge in [-0.15, -0.1) is 0 Å². The molecule has 3 unspecified atom stereocenters. The van der Waals surface area contributed by atoms with Crippen LogP contribution < -0.4 is 4.74 Å². The average Bonchev–Trinajstić information content (AvgIpc) is 3.05. The standard InChI is InChI=1S/C24H36FN3O3/c1-14-8-15(2)28(16(9-14)10-24(5,6)30)19(29)11-23(3,4)17-12-26-22-20(17)21(25)18(31-7)13-27-22/h12-16,30H,8-11H2,1-7H3,(H,26,27). The summed E-state index contributed by atoms with van der Waals surface area (Å²) in [7, 11) is 1.41. The van der Waals surface area contributed by atoms with Crippen LogP contribution >= 0.6 is 0 Å². The van der Waals surface area contributed by atoms with E-state index in [9.17, 15) is 9.90 Å². The number of likely N-dealkylation sites (tertiary alicyclic amines) is 1. The van der Waals surface area contributed by atoms with Crippen LogP contribution in [0.2, 0.25) is 0 Å². The normalized spacial score (nSPS) is 22.7. The molecule has 0 aliphatic carbocycles. The van der Waals surface area contributed by atoms with E-state index in [1.807, 2.05) is 18.7 Å². The lowest BCUT2D eigenvalue weighted by Crippen LogP contribution is -2.53. The SMILES string of the molecule is COc1cnc2[nH]cc(C(C)(C)CC(=O)N3C(C)CC(C)CC3CC(C)(C)O)c2c1F. The average molecular weight is 434 g/mol. The Hall–Kier alpha value is -2.15. The number of halogens is 1. The first-order valence-corrected chi connectivity index (χ1v) is 11.1. The highest BCUT2D eigenvalue weighted by molar-refractivity contribution is 5.85. The zero-order valence-electron chi connectivity index (χ0n) is 19.8. The Morgan fingerprint density at radius 2 is 2.00 bits per heavy atom. The number of piperidine rings is 1. The number of H-pyrrole nitrogens is 1. The molecular weight excluding hydrogens is 397 g/mol. The maximum absolute atomic E-state index is 15.0. The number of rotatable bonds is 6. The van der Waals surface area contributed by atoms with Gasteiger partial charge in [0, 0.05) is 30.1 Å². The van der Waals surface area contributed by atoms with Gasteiger partial charge in [-0.1, -0.05) is 20.8 Å². The largest absolute Gasteiger partial charge is 0.492 e. The highest BCUT2D eigenvalue weighted by atomic mass is 19.1. The van der Waals surface area contributed by atoms with E-state index in [0.717, 1.165) is 12.8 Å².